The van der Waals surface area contributed by atoms with Gasteiger partial charge in [0.1, 0.15) is 18.1 Å². The molecule has 3 aromatic rings. The van der Waals surface area contributed by atoms with Crippen LogP contribution in [0.5, 0.6) is 5.75 Å². The van der Waals surface area contributed by atoms with Crippen molar-refractivity contribution in [2.75, 3.05) is 7.05 Å². The molecule has 6 nitrogen and oxygen atoms in total. The molecule has 0 saturated heterocycles. The Labute approximate surface area is 179 Å². The molecule has 0 unspecified atom stereocenters. The summed E-state index contributed by atoms with van der Waals surface area (Å²) in [5.74, 6) is 1.92. The fourth-order valence-corrected chi connectivity index (χ4v) is 3.53. The second-order valence-electron chi connectivity index (χ2n) is 7.47. The minimum atomic E-state index is -0.192. The van der Waals surface area contributed by atoms with Gasteiger partial charge in [0.25, 0.3) is 5.91 Å². The zero-order valence-electron chi connectivity index (χ0n) is 17.4. The van der Waals surface area contributed by atoms with E-state index in [-0.39, 0.29) is 18.3 Å². The van der Waals surface area contributed by atoms with Gasteiger partial charge >= 0.3 is 0 Å². The molecule has 3 rings (SSSR count). The summed E-state index contributed by atoms with van der Waals surface area (Å²) in [6.07, 6.45) is 1.71. The lowest BCUT2D eigenvalue weighted by Crippen LogP contribution is -2.27. The Morgan fingerprint density at radius 3 is 2.72 bits per heavy atom. The SMILES string of the molecule is Cc1ccc(C(C)C)c(OCc2ccc(C(=O)N(C)Cc3c(Br)cnn3C)o2)c1. The number of halogens is 1. The third kappa shape index (κ3) is 4.90. The van der Waals surface area contributed by atoms with Crippen LogP contribution in [0, 0.1) is 6.92 Å². The molecule has 29 heavy (non-hydrogen) atoms. The van der Waals surface area contributed by atoms with Crippen molar-refractivity contribution >= 4 is 21.8 Å². The number of hydrogen-bond donors (Lipinski definition) is 0. The van der Waals surface area contributed by atoms with E-state index in [1.54, 1.807) is 35.0 Å². The van der Waals surface area contributed by atoms with E-state index >= 15 is 0 Å². The summed E-state index contributed by atoms with van der Waals surface area (Å²) in [5.41, 5.74) is 3.21. The van der Waals surface area contributed by atoms with E-state index in [0.717, 1.165) is 27.0 Å². The summed E-state index contributed by atoms with van der Waals surface area (Å²) in [7, 11) is 3.58. The molecule has 0 radical (unpaired) electrons. The molecule has 2 heterocycles. The molecule has 0 bridgehead atoms. The van der Waals surface area contributed by atoms with E-state index in [2.05, 4.69) is 47.0 Å². The van der Waals surface area contributed by atoms with Crippen molar-refractivity contribution in [2.24, 2.45) is 7.05 Å². The minimum absolute atomic E-state index is 0.192. The maximum Gasteiger partial charge on any atom is 0.289 e. The molecule has 0 aliphatic heterocycles. The molecule has 0 fully saturated rings. The van der Waals surface area contributed by atoms with Gasteiger partial charge in [-0.15, -0.1) is 0 Å². The van der Waals surface area contributed by atoms with Gasteiger partial charge in [0, 0.05) is 14.1 Å². The average Bonchev–Trinajstić information content (AvgIpc) is 3.27. The Morgan fingerprint density at radius 1 is 1.31 bits per heavy atom. The first-order valence-electron chi connectivity index (χ1n) is 9.50. The number of aryl methyl sites for hydroxylation is 2. The van der Waals surface area contributed by atoms with Crippen LogP contribution in [0.25, 0.3) is 0 Å². The van der Waals surface area contributed by atoms with Gasteiger partial charge in [-0.2, -0.15) is 5.10 Å². The van der Waals surface area contributed by atoms with Crippen LogP contribution in [0.3, 0.4) is 0 Å². The largest absolute Gasteiger partial charge is 0.485 e. The van der Waals surface area contributed by atoms with Crippen molar-refractivity contribution in [2.45, 2.75) is 39.8 Å². The van der Waals surface area contributed by atoms with Gasteiger partial charge in [0.2, 0.25) is 0 Å². The first-order chi connectivity index (χ1) is 13.8. The molecular weight excluding hydrogens is 434 g/mol. The van der Waals surface area contributed by atoms with Crippen LogP contribution in [-0.4, -0.2) is 27.6 Å². The first-order valence-corrected chi connectivity index (χ1v) is 10.3. The summed E-state index contributed by atoms with van der Waals surface area (Å²) in [4.78, 5) is 14.3. The predicted molar refractivity (Wildman–Crippen MR) is 115 cm³/mol. The second kappa shape index (κ2) is 8.86. The van der Waals surface area contributed by atoms with Gasteiger partial charge in [0.15, 0.2) is 5.76 Å². The number of rotatable bonds is 7. The normalized spacial score (nSPS) is 11.1. The van der Waals surface area contributed by atoms with Gasteiger partial charge in [-0.25, -0.2) is 0 Å². The quantitative estimate of drug-likeness (QED) is 0.495. The Bertz CT molecular complexity index is 987. The van der Waals surface area contributed by atoms with E-state index in [0.29, 0.717) is 18.2 Å². The number of carbonyl (C=O) groups is 1. The highest BCUT2D eigenvalue weighted by Gasteiger charge is 2.19. The van der Waals surface area contributed by atoms with Gasteiger partial charge in [-0.05, 0) is 58.1 Å². The minimum Gasteiger partial charge on any atom is -0.485 e. The van der Waals surface area contributed by atoms with E-state index in [9.17, 15) is 4.79 Å². The fourth-order valence-electron chi connectivity index (χ4n) is 3.06. The number of carbonyl (C=O) groups excluding carboxylic acids is 1. The number of benzene rings is 1. The third-order valence-corrected chi connectivity index (χ3v) is 5.44. The van der Waals surface area contributed by atoms with E-state index in [1.165, 1.54) is 0 Å². The van der Waals surface area contributed by atoms with Crippen molar-refractivity contribution in [3.05, 3.63) is 69.3 Å². The summed E-state index contributed by atoms with van der Waals surface area (Å²) in [6, 6.07) is 9.69. The molecule has 0 spiro atoms. The number of furan rings is 1. The summed E-state index contributed by atoms with van der Waals surface area (Å²) < 4.78 is 14.4. The monoisotopic (exact) mass is 459 g/mol. The van der Waals surface area contributed by atoms with Crippen molar-refractivity contribution in [3.8, 4) is 5.75 Å². The third-order valence-electron chi connectivity index (χ3n) is 4.78. The highest BCUT2D eigenvalue weighted by atomic mass is 79.9. The van der Waals surface area contributed by atoms with Gasteiger partial charge < -0.3 is 14.1 Å². The van der Waals surface area contributed by atoms with Crippen molar-refractivity contribution in [1.82, 2.24) is 14.7 Å². The maximum absolute atomic E-state index is 12.7. The highest BCUT2D eigenvalue weighted by molar-refractivity contribution is 9.10. The van der Waals surface area contributed by atoms with Crippen LogP contribution in [0.15, 0.2) is 45.4 Å². The molecule has 0 aliphatic rings. The van der Waals surface area contributed by atoms with Crippen LogP contribution in [0.4, 0.5) is 0 Å². The zero-order valence-corrected chi connectivity index (χ0v) is 19.0. The Hall–Kier alpha value is -2.54. The smallest absolute Gasteiger partial charge is 0.289 e. The lowest BCUT2D eigenvalue weighted by atomic mass is 10.0. The molecule has 7 heteroatoms. The lowest BCUT2D eigenvalue weighted by molar-refractivity contribution is 0.0746. The van der Waals surface area contributed by atoms with Crippen LogP contribution in [0.1, 0.15) is 52.9 Å². The average molecular weight is 460 g/mol. The Balaban J connectivity index is 1.66. The van der Waals surface area contributed by atoms with E-state index in [1.807, 2.05) is 20.0 Å². The van der Waals surface area contributed by atoms with Gasteiger partial charge in [0.05, 0.1) is 22.9 Å². The number of hydrogen-bond acceptors (Lipinski definition) is 4. The van der Waals surface area contributed by atoms with Crippen LogP contribution in [-0.2, 0) is 20.2 Å². The molecule has 1 aromatic carbocycles. The topological polar surface area (TPSA) is 60.5 Å². The van der Waals surface area contributed by atoms with Crippen LogP contribution < -0.4 is 4.74 Å². The molecule has 0 N–H and O–H groups in total. The van der Waals surface area contributed by atoms with Gasteiger partial charge in [-0.1, -0.05) is 26.0 Å². The number of amides is 1. The number of aromatic nitrogens is 2. The molecule has 1 amide bonds. The highest BCUT2D eigenvalue weighted by Crippen LogP contribution is 2.28. The molecule has 154 valence electrons. The first kappa shape index (κ1) is 21.2. The van der Waals surface area contributed by atoms with Crippen LogP contribution in [0.2, 0.25) is 0 Å². The molecular formula is C22H26BrN3O3. The molecule has 2 aromatic heterocycles. The fraction of sp³-hybridized carbons (Fsp3) is 0.364. The van der Waals surface area contributed by atoms with Crippen molar-refractivity contribution < 1.29 is 13.9 Å². The number of ether oxygens (including phenoxy) is 1. The zero-order chi connectivity index (χ0) is 21.1. The molecule has 0 atom stereocenters. The van der Waals surface area contributed by atoms with Crippen LogP contribution >= 0.6 is 15.9 Å². The van der Waals surface area contributed by atoms with Gasteiger partial charge in [-0.3, -0.25) is 9.48 Å². The molecule has 0 aliphatic carbocycles. The van der Waals surface area contributed by atoms with Crippen molar-refractivity contribution in [1.29, 1.82) is 0 Å². The summed E-state index contributed by atoms with van der Waals surface area (Å²) in [5, 5.41) is 4.18. The number of nitrogens with zero attached hydrogens (tertiary/aromatic N) is 3. The lowest BCUT2D eigenvalue weighted by Gasteiger charge is -2.16. The molecule has 0 saturated carbocycles. The standard InChI is InChI=1S/C22H26BrN3O3/c1-14(2)17-8-6-15(3)10-21(17)28-13-16-7-9-20(29-16)22(27)25(4)12-19-18(23)11-24-26(19)5/h6-11,14H,12-13H2,1-5H3. The van der Waals surface area contributed by atoms with E-state index in [4.69, 9.17) is 9.15 Å². The second-order valence-corrected chi connectivity index (χ2v) is 8.33. The maximum atomic E-state index is 12.7. The Morgan fingerprint density at radius 2 is 2.07 bits per heavy atom. The predicted octanol–water partition coefficient (Wildman–Crippen LogP) is 5.06. The summed E-state index contributed by atoms with van der Waals surface area (Å²) in [6.45, 7) is 7.00. The van der Waals surface area contributed by atoms with Crippen molar-refractivity contribution in [3.63, 3.8) is 0 Å². The Kier molecular flexibility index (Phi) is 6.47. The summed E-state index contributed by atoms with van der Waals surface area (Å²) >= 11 is 3.46. The van der Waals surface area contributed by atoms with E-state index < -0.39 is 0 Å².